The van der Waals surface area contributed by atoms with Gasteiger partial charge in [0.1, 0.15) is 5.71 Å². The molecule has 0 radical (unpaired) electrons. The van der Waals surface area contributed by atoms with E-state index in [4.69, 9.17) is 5.21 Å². The molecule has 0 unspecified atom stereocenters. The van der Waals surface area contributed by atoms with Gasteiger partial charge < -0.3 is 5.21 Å². The van der Waals surface area contributed by atoms with Crippen molar-refractivity contribution in [1.82, 2.24) is 0 Å². The van der Waals surface area contributed by atoms with Gasteiger partial charge in [-0.15, -0.1) is 0 Å². The van der Waals surface area contributed by atoms with Gasteiger partial charge in [-0.05, 0) is 12.8 Å². The lowest BCUT2D eigenvalue weighted by Gasteiger charge is -2.33. The van der Waals surface area contributed by atoms with Crippen molar-refractivity contribution in [3.63, 3.8) is 0 Å². The Labute approximate surface area is 76.6 Å². The van der Waals surface area contributed by atoms with Gasteiger partial charge in [-0.1, -0.05) is 31.3 Å². The third kappa shape index (κ3) is 2.17. The number of hydrogen-bond donors (Lipinski definition) is 1. The first kappa shape index (κ1) is 10.4. The van der Waals surface area contributed by atoms with Gasteiger partial charge in [0.05, 0.1) is 0 Å². The van der Waals surface area contributed by atoms with Gasteiger partial charge in [0.2, 0.25) is 0 Å². The predicted molar refractivity (Wildman–Crippen MR) is 46.4 cm³/mol. The molecule has 1 rings (SSSR count). The molecule has 0 spiro atoms. The second-order valence-electron chi connectivity index (χ2n) is 3.91. The summed E-state index contributed by atoms with van der Waals surface area (Å²) in [5, 5.41) is 11.3. The largest absolute Gasteiger partial charge is 0.411 e. The van der Waals surface area contributed by atoms with E-state index in [-0.39, 0.29) is 5.71 Å². The molecule has 2 nitrogen and oxygen atoms in total. The fourth-order valence-electron chi connectivity index (χ4n) is 2.02. The molecule has 0 amide bonds. The SMILES string of the molecule is CC1(C(=NO)C(F)F)CCCCC1. The lowest BCUT2D eigenvalue weighted by molar-refractivity contribution is 0.179. The average Bonchev–Trinajstić information content (AvgIpc) is 2.05. The maximum absolute atomic E-state index is 12.4. The Morgan fingerprint density at radius 3 is 2.23 bits per heavy atom. The van der Waals surface area contributed by atoms with E-state index < -0.39 is 11.8 Å². The number of hydrogen-bond acceptors (Lipinski definition) is 2. The molecule has 0 aromatic carbocycles. The molecule has 1 N–H and O–H groups in total. The highest BCUT2D eigenvalue weighted by Crippen LogP contribution is 2.38. The summed E-state index contributed by atoms with van der Waals surface area (Å²) in [7, 11) is 0. The van der Waals surface area contributed by atoms with Gasteiger partial charge in [-0.2, -0.15) is 0 Å². The summed E-state index contributed by atoms with van der Waals surface area (Å²) >= 11 is 0. The topological polar surface area (TPSA) is 32.6 Å². The van der Waals surface area contributed by atoms with Crippen LogP contribution in [0.4, 0.5) is 8.78 Å². The minimum absolute atomic E-state index is 0.341. The van der Waals surface area contributed by atoms with Gasteiger partial charge >= 0.3 is 0 Å². The van der Waals surface area contributed by atoms with Crippen molar-refractivity contribution >= 4 is 5.71 Å². The van der Waals surface area contributed by atoms with Crippen molar-refractivity contribution in [3.05, 3.63) is 0 Å². The summed E-state index contributed by atoms with van der Waals surface area (Å²) in [6.45, 7) is 1.76. The van der Waals surface area contributed by atoms with Crippen LogP contribution in [0.1, 0.15) is 39.0 Å². The molecule has 1 saturated carbocycles. The van der Waals surface area contributed by atoms with Crippen molar-refractivity contribution in [2.45, 2.75) is 45.5 Å². The molecular weight excluding hydrogens is 176 g/mol. The number of nitrogens with zero attached hydrogens (tertiary/aromatic N) is 1. The predicted octanol–water partition coefficient (Wildman–Crippen LogP) is 3.05. The second kappa shape index (κ2) is 4.03. The Hall–Kier alpha value is -0.670. The zero-order chi connectivity index (χ0) is 9.90. The maximum atomic E-state index is 12.4. The first-order chi connectivity index (χ1) is 6.10. The van der Waals surface area contributed by atoms with Crippen LogP contribution in [0.3, 0.4) is 0 Å². The molecule has 76 valence electrons. The molecule has 0 aromatic heterocycles. The summed E-state index contributed by atoms with van der Waals surface area (Å²) in [5.74, 6) is 0. The summed E-state index contributed by atoms with van der Waals surface area (Å²) < 4.78 is 24.9. The fourth-order valence-corrected chi connectivity index (χ4v) is 2.02. The fraction of sp³-hybridized carbons (Fsp3) is 0.889. The molecule has 4 heteroatoms. The number of oxime groups is 1. The lowest BCUT2D eigenvalue weighted by atomic mass is 9.72. The number of halogens is 2. The molecule has 0 heterocycles. The molecule has 0 aromatic rings. The van der Waals surface area contributed by atoms with E-state index in [1.807, 2.05) is 0 Å². The smallest absolute Gasteiger partial charge is 0.280 e. The zero-order valence-corrected chi connectivity index (χ0v) is 7.76. The minimum atomic E-state index is -2.63. The van der Waals surface area contributed by atoms with E-state index >= 15 is 0 Å². The molecule has 1 aliphatic rings. The molecule has 13 heavy (non-hydrogen) atoms. The highest BCUT2D eigenvalue weighted by molar-refractivity contribution is 5.92. The van der Waals surface area contributed by atoms with E-state index in [0.717, 1.165) is 19.3 Å². The summed E-state index contributed by atoms with van der Waals surface area (Å²) in [6.07, 6.45) is 1.77. The van der Waals surface area contributed by atoms with Crippen LogP contribution in [0, 0.1) is 5.41 Å². The molecule has 0 saturated heterocycles. The van der Waals surface area contributed by atoms with Gasteiger partial charge in [-0.25, -0.2) is 8.78 Å². The Kier molecular flexibility index (Phi) is 3.22. The van der Waals surface area contributed by atoms with E-state index in [2.05, 4.69) is 5.16 Å². The van der Waals surface area contributed by atoms with Crippen LogP contribution in [0.5, 0.6) is 0 Å². The van der Waals surface area contributed by atoms with E-state index in [1.165, 1.54) is 0 Å². The Bertz CT molecular complexity index is 198. The van der Waals surface area contributed by atoms with Crippen molar-refractivity contribution in [1.29, 1.82) is 0 Å². The Balaban J connectivity index is 2.76. The minimum Gasteiger partial charge on any atom is -0.411 e. The molecule has 0 aliphatic heterocycles. The van der Waals surface area contributed by atoms with Gasteiger partial charge in [0, 0.05) is 5.41 Å². The van der Waals surface area contributed by atoms with Crippen molar-refractivity contribution in [2.24, 2.45) is 10.6 Å². The molecule has 0 bridgehead atoms. The van der Waals surface area contributed by atoms with Crippen LogP contribution in [0.2, 0.25) is 0 Å². The summed E-state index contributed by atoms with van der Waals surface area (Å²) in [5.41, 5.74) is -0.923. The molecule has 0 atom stereocenters. The molecule has 1 fully saturated rings. The quantitative estimate of drug-likeness (QED) is 0.406. The third-order valence-electron chi connectivity index (χ3n) is 2.89. The second-order valence-corrected chi connectivity index (χ2v) is 3.91. The number of alkyl halides is 2. The number of rotatable bonds is 2. The standard InChI is InChI=1S/C9H15F2NO/c1-9(5-3-2-4-6-9)7(12-13)8(10)11/h8,13H,2-6H2,1H3. The van der Waals surface area contributed by atoms with Crippen molar-refractivity contribution in [3.8, 4) is 0 Å². The average molecular weight is 191 g/mol. The monoisotopic (exact) mass is 191 g/mol. The van der Waals surface area contributed by atoms with Crippen LogP contribution in [-0.4, -0.2) is 17.3 Å². The lowest BCUT2D eigenvalue weighted by Crippen LogP contribution is -2.35. The van der Waals surface area contributed by atoms with Crippen LogP contribution in [-0.2, 0) is 0 Å². The molecule has 1 aliphatic carbocycles. The van der Waals surface area contributed by atoms with Crippen molar-refractivity contribution < 1.29 is 14.0 Å². The Morgan fingerprint density at radius 2 is 1.85 bits per heavy atom. The third-order valence-corrected chi connectivity index (χ3v) is 2.89. The summed E-state index contributed by atoms with van der Waals surface area (Å²) in [6, 6.07) is 0. The maximum Gasteiger partial charge on any atom is 0.280 e. The highest BCUT2D eigenvalue weighted by atomic mass is 19.3. The van der Waals surface area contributed by atoms with E-state index in [9.17, 15) is 8.78 Å². The van der Waals surface area contributed by atoms with Gasteiger partial charge in [-0.3, -0.25) is 0 Å². The normalized spacial score (nSPS) is 23.5. The first-order valence-electron chi connectivity index (χ1n) is 4.61. The van der Waals surface area contributed by atoms with Crippen LogP contribution in [0.25, 0.3) is 0 Å². The zero-order valence-electron chi connectivity index (χ0n) is 7.76. The van der Waals surface area contributed by atoms with Crippen LogP contribution >= 0.6 is 0 Å². The summed E-state index contributed by atoms with van der Waals surface area (Å²) in [4.78, 5) is 0. The van der Waals surface area contributed by atoms with Gasteiger partial charge in [0.25, 0.3) is 6.43 Å². The van der Waals surface area contributed by atoms with Crippen molar-refractivity contribution in [2.75, 3.05) is 0 Å². The first-order valence-corrected chi connectivity index (χ1v) is 4.61. The highest BCUT2D eigenvalue weighted by Gasteiger charge is 2.37. The van der Waals surface area contributed by atoms with Crippen LogP contribution < -0.4 is 0 Å². The Morgan fingerprint density at radius 1 is 1.31 bits per heavy atom. The molecular formula is C9H15F2NO. The van der Waals surface area contributed by atoms with E-state index in [0.29, 0.717) is 12.8 Å². The van der Waals surface area contributed by atoms with Crippen LogP contribution in [0.15, 0.2) is 5.16 Å². The van der Waals surface area contributed by atoms with E-state index in [1.54, 1.807) is 6.92 Å². The van der Waals surface area contributed by atoms with Gasteiger partial charge in [0.15, 0.2) is 0 Å².